The Balaban J connectivity index is 2.25. The van der Waals surface area contributed by atoms with E-state index in [1.165, 1.54) is 6.20 Å². The number of anilines is 1. The van der Waals surface area contributed by atoms with E-state index in [1.807, 2.05) is 0 Å². The van der Waals surface area contributed by atoms with Crippen LogP contribution in [0.5, 0.6) is 11.5 Å². The molecule has 0 atom stereocenters. The van der Waals surface area contributed by atoms with E-state index in [9.17, 15) is 0 Å². The number of allylic oxidation sites excluding steroid dienone is 1. The van der Waals surface area contributed by atoms with E-state index in [-0.39, 0.29) is 12.4 Å². The van der Waals surface area contributed by atoms with Crippen molar-refractivity contribution in [1.82, 2.24) is 0 Å². The molecule has 0 saturated carbocycles. The second-order valence-electron chi connectivity index (χ2n) is 2.97. The summed E-state index contributed by atoms with van der Waals surface area (Å²) in [6, 6.07) is 8.86. The molecule has 5 heteroatoms. The number of hydrogen-bond donors (Lipinski definition) is 1. The van der Waals surface area contributed by atoms with Crippen LogP contribution in [-0.4, -0.2) is 6.79 Å². The molecular weight excluding hydrogens is 206 g/mol. The third kappa shape index (κ3) is 1.75. The quantitative estimate of drug-likeness (QED) is 0.757. The normalized spacial score (nSPS) is 11.1. The molecular formula is C11H7N3O2. The third-order valence-electron chi connectivity index (χ3n) is 2.01. The van der Waals surface area contributed by atoms with Crippen LogP contribution < -0.4 is 14.8 Å². The van der Waals surface area contributed by atoms with Gasteiger partial charge < -0.3 is 14.8 Å². The fraction of sp³-hybridized carbons (Fsp3) is 0.0909. The van der Waals surface area contributed by atoms with Crippen LogP contribution in [0.2, 0.25) is 0 Å². The van der Waals surface area contributed by atoms with E-state index in [2.05, 4.69) is 5.32 Å². The number of ether oxygens (including phenoxy) is 2. The molecule has 0 saturated heterocycles. The first-order chi connectivity index (χ1) is 7.85. The van der Waals surface area contributed by atoms with Crippen LogP contribution in [0.4, 0.5) is 5.69 Å². The number of nitriles is 2. The van der Waals surface area contributed by atoms with Crippen LogP contribution in [0, 0.1) is 22.7 Å². The smallest absolute Gasteiger partial charge is 0.231 e. The Morgan fingerprint density at radius 1 is 1.31 bits per heavy atom. The summed E-state index contributed by atoms with van der Waals surface area (Å²) in [5.41, 5.74) is 0.662. The number of para-hydroxylation sites is 1. The van der Waals surface area contributed by atoms with Crippen molar-refractivity contribution >= 4 is 5.69 Å². The van der Waals surface area contributed by atoms with Crippen molar-refractivity contribution < 1.29 is 9.47 Å². The molecule has 0 amide bonds. The number of nitrogens with zero attached hydrogens (tertiary/aromatic N) is 2. The molecule has 2 rings (SSSR count). The minimum Gasteiger partial charge on any atom is -0.454 e. The van der Waals surface area contributed by atoms with Crippen LogP contribution in [0.1, 0.15) is 0 Å². The van der Waals surface area contributed by atoms with Crippen LogP contribution in [0.3, 0.4) is 0 Å². The second-order valence-corrected chi connectivity index (χ2v) is 2.97. The lowest BCUT2D eigenvalue weighted by Crippen LogP contribution is -1.95. The highest BCUT2D eigenvalue weighted by Crippen LogP contribution is 2.38. The molecule has 0 fully saturated rings. The van der Waals surface area contributed by atoms with Gasteiger partial charge in [0.1, 0.15) is 17.7 Å². The Hall–Kier alpha value is -2.66. The third-order valence-corrected chi connectivity index (χ3v) is 2.01. The van der Waals surface area contributed by atoms with E-state index in [0.717, 1.165) is 0 Å². The van der Waals surface area contributed by atoms with Gasteiger partial charge in [0, 0.05) is 6.20 Å². The molecule has 0 spiro atoms. The molecule has 16 heavy (non-hydrogen) atoms. The van der Waals surface area contributed by atoms with Gasteiger partial charge in [0.15, 0.2) is 11.5 Å². The molecule has 78 valence electrons. The Morgan fingerprint density at radius 2 is 2.12 bits per heavy atom. The minimum atomic E-state index is -0.00322. The van der Waals surface area contributed by atoms with Gasteiger partial charge in [-0.1, -0.05) is 6.07 Å². The Morgan fingerprint density at radius 3 is 2.88 bits per heavy atom. The van der Waals surface area contributed by atoms with Crippen molar-refractivity contribution in [3.63, 3.8) is 0 Å². The Bertz CT molecular complexity index is 507. The molecule has 1 heterocycles. The average molecular weight is 213 g/mol. The van der Waals surface area contributed by atoms with Crippen LogP contribution >= 0.6 is 0 Å². The highest BCUT2D eigenvalue weighted by Gasteiger charge is 2.16. The SMILES string of the molecule is N#CC(C#N)=CNc1cccc2c1OCO2. The van der Waals surface area contributed by atoms with Gasteiger partial charge in [-0.15, -0.1) is 0 Å². The lowest BCUT2D eigenvalue weighted by molar-refractivity contribution is 0.174. The standard InChI is InChI=1S/C11H7N3O2/c12-4-8(5-13)6-14-9-2-1-3-10-11(9)16-7-15-10/h1-3,6,14H,7H2. The summed E-state index contributed by atoms with van der Waals surface area (Å²) in [7, 11) is 0. The number of nitrogens with one attached hydrogen (secondary N) is 1. The minimum absolute atomic E-state index is 0.00322. The largest absolute Gasteiger partial charge is 0.454 e. The van der Waals surface area contributed by atoms with Gasteiger partial charge in [-0.2, -0.15) is 10.5 Å². The second kappa shape index (κ2) is 4.24. The first-order valence-corrected chi connectivity index (χ1v) is 4.50. The molecule has 0 unspecified atom stereocenters. The first-order valence-electron chi connectivity index (χ1n) is 4.50. The molecule has 0 bridgehead atoms. The summed E-state index contributed by atoms with van der Waals surface area (Å²) < 4.78 is 10.4. The molecule has 5 nitrogen and oxygen atoms in total. The molecule has 1 aromatic carbocycles. The van der Waals surface area contributed by atoms with Gasteiger partial charge in [0.2, 0.25) is 6.79 Å². The Kier molecular flexibility index (Phi) is 2.62. The average Bonchev–Trinajstić information content (AvgIpc) is 2.79. The molecule has 0 aromatic heterocycles. The summed E-state index contributed by atoms with van der Waals surface area (Å²) in [5.74, 6) is 1.24. The summed E-state index contributed by atoms with van der Waals surface area (Å²) in [5, 5.41) is 20.0. The molecule has 0 radical (unpaired) electrons. The van der Waals surface area contributed by atoms with E-state index < -0.39 is 0 Å². The Labute approximate surface area is 92.1 Å². The van der Waals surface area contributed by atoms with Crippen molar-refractivity contribution in [2.45, 2.75) is 0 Å². The lowest BCUT2D eigenvalue weighted by atomic mass is 10.2. The highest BCUT2D eigenvalue weighted by molar-refractivity contribution is 5.65. The monoisotopic (exact) mass is 213 g/mol. The molecule has 1 aromatic rings. The zero-order chi connectivity index (χ0) is 11.4. The predicted molar refractivity (Wildman–Crippen MR) is 55.5 cm³/mol. The van der Waals surface area contributed by atoms with Crippen molar-refractivity contribution in [2.24, 2.45) is 0 Å². The van der Waals surface area contributed by atoms with Gasteiger partial charge >= 0.3 is 0 Å². The summed E-state index contributed by atoms with van der Waals surface area (Å²) >= 11 is 0. The summed E-state index contributed by atoms with van der Waals surface area (Å²) in [6.45, 7) is 0.182. The maximum atomic E-state index is 8.56. The van der Waals surface area contributed by atoms with Crippen molar-refractivity contribution in [3.8, 4) is 23.6 Å². The van der Waals surface area contributed by atoms with Crippen LogP contribution in [0.15, 0.2) is 30.0 Å². The van der Waals surface area contributed by atoms with Gasteiger partial charge in [-0.3, -0.25) is 0 Å². The van der Waals surface area contributed by atoms with E-state index >= 15 is 0 Å². The zero-order valence-electron chi connectivity index (χ0n) is 8.23. The predicted octanol–water partition coefficient (Wildman–Crippen LogP) is 1.76. The number of rotatable bonds is 2. The molecule has 1 aliphatic rings. The van der Waals surface area contributed by atoms with Gasteiger partial charge in [0.25, 0.3) is 0 Å². The highest BCUT2D eigenvalue weighted by atomic mass is 16.7. The summed E-state index contributed by atoms with van der Waals surface area (Å²) in [6.07, 6.45) is 1.33. The van der Waals surface area contributed by atoms with Crippen LogP contribution in [0.25, 0.3) is 0 Å². The van der Waals surface area contributed by atoms with Gasteiger partial charge in [-0.05, 0) is 12.1 Å². The fourth-order valence-corrected chi connectivity index (χ4v) is 1.28. The zero-order valence-corrected chi connectivity index (χ0v) is 8.23. The summed E-state index contributed by atoms with van der Waals surface area (Å²) in [4.78, 5) is 0. The molecule has 0 aliphatic carbocycles. The number of hydrogen-bond acceptors (Lipinski definition) is 5. The molecule has 1 N–H and O–H groups in total. The first kappa shape index (κ1) is 9.88. The number of benzene rings is 1. The van der Waals surface area contributed by atoms with E-state index in [0.29, 0.717) is 17.2 Å². The molecule has 1 aliphatic heterocycles. The van der Waals surface area contributed by atoms with Gasteiger partial charge in [-0.25, -0.2) is 0 Å². The topological polar surface area (TPSA) is 78.1 Å². The number of fused-ring (bicyclic) bond motifs is 1. The van der Waals surface area contributed by atoms with Crippen molar-refractivity contribution in [1.29, 1.82) is 10.5 Å². The van der Waals surface area contributed by atoms with E-state index in [1.54, 1.807) is 30.3 Å². The maximum absolute atomic E-state index is 8.56. The van der Waals surface area contributed by atoms with Crippen LogP contribution in [-0.2, 0) is 0 Å². The maximum Gasteiger partial charge on any atom is 0.231 e. The van der Waals surface area contributed by atoms with E-state index in [4.69, 9.17) is 20.0 Å². The fourth-order valence-electron chi connectivity index (χ4n) is 1.28. The lowest BCUT2D eigenvalue weighted by Gasteiger charge is -2.04. The van der Waals surface area contributed by atoms with Crippen molar-refractivity contribution in [2.75, 3.05) is 12.1 Å². The van der Waals surface area contributed by atoms with Gasteiger partial charge in [0.05, 0.1) is 5.69 Å². The van der Waals surface area contributed by atoms with Crippen molar-refractivity contribution in [3.05, 3.63) is 30.0 Å².